The minimum absolute atomic E-state index is 0.104. The summed E-state index contributed by atoms with van der Waals surface area (Å²) in [5.41, 5.74) is 1.43. The summed E-state index contributed by atoms with van der Waals surface area (Å²) in [6, 6.07) is 9.33. The molecule has 1 heterocycles. The third-order valence-electron chi connectivity index (χ3n) is 2.88. The van der Waals surface area contributed by atoms with Gasteiger partial charge in [-0.25, -0.2) is 9.97 Å². The van der Waals surface area contributed by atoms with E-state index in [0.717, 1.165) is 10.6 Å². The molecule has 0 bridgehead atoms. The number of hydrogen-bond donors (Lipinski definition) is 1. The highest BCUT2D eigenvalue weighted by molar-refractivity contribution is 7.98. The van der Waals surface area contributed by atoms with Crippen molar-refractivity contribution in [2.24, 2.45) is 0 Å². The van der Waals surface area contributed by atoms with Crippen molar-refractivity contribution in [1.82, 2.24) is 15.3 Å². The molecular formula is C15H18N4OS. The zero-order valence-corrected chi connectivity index (χ0v) is 13.1. The molecule has 1 aromatic carbocycles. The molecule has 2 aromatic rings. The Hall–Kier alpha value is -2.08. The molecule has 0 saturated heterocycles. The van der Waals surface area contributed by atoms with Gasteiger partial charge in [-0.05, 0) is 36.6 Å². The van der Waals surface area contributed by atoms with Crippen LogP contribution in [-0.2, 0) is 6.54 Å². The summed E-state index contributed by atoms with van der Waals surface area (Å²) in [5, 5.41) is 2.86. The molecule has 6 heteroatoms. The van der Waals surface area contributed by atoms with Crippen molar-refractivity contribution in [2.45, 2.75) is 11.4 Å². The summed E-state index contributed by atoms with van der Waals surface area (Å²) in [6.07, 6.45) is 3.70. The first-order chi connectivity index (χ1) is 10.1. The zero-order chi connectivity index (χ0) is 15.2. The molecule has 110 valence electrons. The van der Waals surface area contributed by atoms with Crippen molar-refractivity contribution < 1.29 is 4.79 Å². The van der Waals surface area contributed by atoms with Gasteiger partial charge in [-0.1, -0.05) is 0 Å². The van der Waals surface area contributed by atoms with Gasteiger partial charge in [0.25, 0.3) is 5.91 Å². The number of thioether (sulfide) groups is 1. The lowest BCUT2D eigenvalue weighted by molar-refractivity contribution is 0.0950. The molecule has 0 atom stereocenters. The van der Waals surface area contributed by atoms with Gasteiger partial charge in [0.2, 0.25) is 5.95 Å². The molecule has 1 aromatic heterocycles. The Bertz CT molecular complexity index is 613. The first kappa shape index (κ1) is 15.3. The number of nitrogens with zero attached hydrogens (tertiary/aromatic N) is 3. The summed E-state index contributed by atoms with van der Waals surface area (Å²) in [6.45, 7) is 0.381. The average Bonchev–Trinajstić information content (AvgIpc) is 2.53. The Morgan fingerprint density at radius 1 is 1.24 bits per heavy atom. The van der Waals surface area contributed by atoms with Crippen LogP contribution in [0.4, 0.5) is 5.95 Å². The second-order valence-corrected chi connectivity index (χ2v) is 5.53. The van der Waals surface area contributed by atoms with Crippen LogP contribution in [0.2, 0.25) is 0 Å². The third-order valence-corrected chi connectivity index (χ3v) is 3.63. The number of anilines is 1. The number of aromatic nitrogens is 2. The van der Waals surface area contributed by atoms with Crippen molar-refractivity contribution in [2.75, 3.05) is 25.3 Å². The Balaban J connectivity index is 1.98. The van der Waals surface area contributed by atoms with E-state index in [-0.39, 0.29) is 5.91 Å². The fraction of sp³-hybridized carbons (Fsp3) is 0.267. The van der Waals surface area contributed by atoms with Crippen LogP contribution in [0.3, 0.4) is 0 Å². The van der Waals surface area contributed by atoms with E-state index < -0.39 is 0 Å². The lowest BCUT2D eigenvalue weighted by atomic mass is 10.2. The van der Waals surface area contributed by atoms with Crippen molar-refractivity contribution in [3.8, 4) is 0 Å². The number of carbonyl (C=O) groups excluding carboxylic acids is 1. The van der Waals surface area contributed by atoms with Crippen LogP contribution >= 0.6 is 11.8 Å². The molecule has 0 spiro atoms. The van der Waals surface area contributed by atoms with E-state index in [9.17, 15) is 4.79 Å². The van der Waals surface area contributed by atoms with Crippen LogP contribution in [-0.4, -0.2) is 36.2 Å². The predicted octanol–water partition coefficient (Wildman–Crippen LogP) is 2.19. The van der Waals surface area contributed by atoms with E-state index in [1.165, 1.54) is 0 Å². The van der Waals surface area contributed by atoms with E-state index in [1.54, 1.807) is 24.0 Å². The second-order valence-electron chi connectivity index (χ2n) is 4.65. The van der Waals surface area contributed by atoms with Gasteiger partial charge in [-0.15, -0.1) is 11.8 Å². The van der Waals surface area contributed by atoms with E-state index in [0.29, 0.717) is 18.1 Å². The molecule has 5 nitrogen and oxygen atoms in total. The Morgan fingerprint density at radius 2 is 1.95 bits per heavy atom. The Morgan fingerprint density at radius 3 is 2.57 bits per heavy atom. The molecule has 21 heavy (non-hydrogen) atoms. The van der Waals surface area contributed by atoms with Gasteiger partial charge in [0.15, 0.2) is 0 Å². The van der Waals surface area contributed by atoms with Crippen LogP contribution in [0.1, 0.15) is 16.1 Å². The summed E-state index contributed by atoms with van der Waals surface area (Å²) in [5.74, 6) is 0.527. The Kier molecular flexibility index (Phi) is 5.16. The average molecular weight is 302 g/mol. The maximum atomic E-state index is 12.1. The molecule has 1 N–H and O–H groups in total. The largest absolute Gasteiger partial charge is 0.347 e. The molecule has 0 aliphatic heterocycles. The maximum Gasteiger partial charge on any atom is 0.251 e. The van der Waals surface area contributed by atoms with Gasteiger partial charge in [0.1, 0.15) is 0 Å². The fourth-order valence-electron chi connectivity index (χ4n) is 1.71. The van der Waals surface area contributed by atoms with Gasteiger partial charge >= 0.3 is 0 Å². The first-order valence-electron chi connectivity index (χ1n) is 6.51. The van der Waals surface area contributed by atoms with Crippen LogP contribution < -0.4 is 10.2 Å². The molecular weight excluding hydrogens is 284 g/mol. The zero-order valence-electron chi connectivity index (χ0n) is 12.3. The summed E-state index contributed by atoms with van der Waals surface area (Å²) >= 11 is 1.65. The molecule has 0 unspecified atom stereocenters. The first-order valence-corrected chi connectivity index (χ1v) is 7.74. The molecule has 0 saturated carbocycles. The second kappa shape index (κ2) is 7.08. The lowest BCUT2D eigenvalue weighted by Gasteiger charge is -2.11. The number of nitrogens with one attached hydrogen (secondary N) is 1. The summed E-state index contributed by atoms with van der Waals surface area (Å²) < 4.78 is 0. The Labute approximate surface area is 128 Å². The van der Waals surface area contributed by atoms with Crippen molar-refractivity contribution in [3.05, 3.63) is 47.8 Å². The van der Waals surface area contributed by atoms with Crippen LogP contribution in [0.15, 0.2) is 41.4 Å². The highest BCUT2D eigenvalue weighted by atomic mass is 32.2. The van der Waals surface area contributed by atoms with Gasteiger partial charge in [-0.2, -0.15) is 0 Å². The van der Waals surface area contributed by atoms with Crippen molar-refractivity contribution in [3.63, 3.8) is 0 Å². The van der Waals surface area contributed by atoms with Gasteiger partial charge in [0, 0.05) is 30.8 Å². The number of rotatable bonds is 5. The third kappa shape index (κ3) is 4.19. The molecule has 0 fully saturated rings. The minimum Gasteiger partial charge on any atom is -0.347 e. The topological polar surface area (TPSA) is 58.1 Å². The van der Waals surface area contributed by atoms with Crippen LogP contribution in [0.5, 0.6) is 0 Å². The van der Waals surface area contributed by atoms with E-state index in [2.05, 4.69) is 15.3 Å². The quantitative estimate of drug-likeness (QED) is 0.858. The summed E-state index contributed by atoms with van der Waals surface area (Å²) in [4.78, 5) is 23.5. The molecule has 2 rings (SSSR count). The SMILES string of the molecule is CSc1ccc(C(=O)NCc2ccnc(N(C)C)n2)cc1. The lowest BCUT2D eigenvalue weighted by Crippen LogP contribution is -2.24. The van der Waals surface area contributed by atoms with Gasteiger partial charge < -0.3 is 10.2 Å². The van der Waals surface area contributed by atoms with Gasteiger partial charge in [0.05, 0.1) is 12.2 Å². The van der Waals surface area contributed by atoms with Crippen molar-refractivity contribution >= 4 is 23.6 Å². The van der Waals surface area contributed by atoms with Crippen LogP contribution in [0.25, 0.3) is 0 Å². The molecule has 1 amide bonds. The van der Waals surface area contributed by atoms with E-state index in [1.807, 2.05) is 49.5 Å². The monoisotopic (exact) mass is 302 g/mol. The number of hydrogen-bond acceptors (Lipinski definition) is 5. The smallest absolute Gasteiger partial charge is 0.251 e. The van der Waals surface area contributed by atoms with Crippen molar-refractivity contribution in [1.29, 1.82) is 0 Å². The highest BCUT2D eigenvalue weighted by Crippen LogP contribution is 2.14. The van der Waals surface area contributed by atoms with E-state index >= 15 is 0 Å². The highest BCUT2D eigenvalue weighted by Gasteiger charge is 2.06. The number of benzene rings is 1. The minimum atomic E-state index is -0.104. The fourth-order valence-corrected chi connectivity index (χ4v) is 2.12. The number of carbonyl (C=O) groups is 1. The predicted molar refractivity (Wildman–Crippen MR) is 85.8 cm³/mol. The van der Waals surface area contributed by atoms with Gasteiger partial charge in [-0.3, -0.25) is 4.79 Å². The summed E-state index contributed by atoms with van der Waals surface area (Å²) in [7, 11) is 3.76. The molecule has 0 radical (unpaired) electrons. The maximum absolute atomic E-state index is 12.1. The molecule has 0 aliphatic carbocycles. The standard InChI is InChI=1S/C15H18N4OS/c1-19(2)15-16-9-8-12(18-15)10-17-14(20)11-4-6-13(21-3)7-5-11/h4-9H,10H2,1-3H3,(H,17,20). The van der Waals surface area contributed by atoms with E-state index in [4.69, 9.17) is 0 Å². The van der Waals surface area contributed by atoms with Crippen LogP contribution in [0, 0.1) is 0 Å². The number of amides is 1. The normalized spacial score (nSPS) is 10.2. The molecule has 0 aliphatic rings.